The van der Waals surface area contributed by atoms with Crippen LogP contribution in [-0.2, 0) is 0 Å². The monoisotopic (exact) mass is 147 g/mol. The first-order valence-electron chi connectivity index (χ1n) is 3.33. The molecule has 0 amide bonds. The highest BCUT2D eigenvalue weighted by molar-refractivity contribution is 5.69. The molecular formula is C9H7O2. The maximum absolute atomic E-state index is 5.11. The molecule has 1 aliphatic carbocycles. The van der Waals surface area contributed by atoms with Gasteiger partial charge in [0.2, 0.25) is 0 Å². The summed E-state index contributed by atoms with van der Waals surface area (Å²) in [6, 6.07) is 8.68. The van der Waals surface area contributed by atoms with E-state index in [-0.39, 0.29) is 0 Å². The Morgan fingerprint density at radius 1 is 1.45 bits per heavy atom. The van der Waals surface area contributed by atoms with Gasteiger partial charge in [-0.25, -0.2) is 0 Å². The lowest BCUT2D eigenvalue weighted by molar-refractivity contribution is 0.299. The second-order valence-corrected chi connectivity index (χ2v) is 2.22. The molecule has 0 N–H and O–H groups in total. The summed E-state index contributed by atoms with van der Waals surface area (Å²) in [5, 5.41) is 0. The molecule has 0 aromatic carbocycles. The second kappa shape index (κ2) is 2.31. The summed E-state index contributed by atoms with van der Waals surface area (Å²) < 4.78 is 10.1. The van der Waals surface area contributed by atoms with Crippen LogP contribution in [0.25, 0.3) is 11.1 Å². The van der Waals surface area contributed by atoms with Crippen LogP contribution in [0.1, 0.15) is 0 Å². The van der Waals surface area contributed by atoms with Crippen LogP contribution in [0.15, 0.2) is 28.9 Å². The molecule has 0 aromatic rings. The molecule has 1 radical (unpaired) electrons. The molecule has 0 saturated heterocycles. The Bertz CT molecular complexity index is 324. The topological polar surface area (TPSA) is 22.4 Å². The van der Waals surface area contributed by atoms with Crippen molar-refractivity contribution in [3.63, 3.8) is 0 Å². The van der Waals surface area contributed by atoms with Crippen molar-refractivity contribution < 1.29 is 9.15 Å². The van der Waals surface area contributed by atoms with Gasteiger partial charge in [-0.3, -0.25) is 0 Å². The third kappa shape index (κ3) is 0.871. The highest BCUT2D eigenvalue weighted by Gasteiger charge is 2.09. The number of hydrogen-bond donors (Lipinski definition) is 0. The van der Waals surface area contributed by atoms with E-state index < -0.39 is 0 Å². The fourth-order valence-electron chi connectivity index (χ4n) is 1.08. The Hall–Kier alpha value is -1.44. The summed E-state index contributed by atoms with van der Waals surface area (Å²) in [6.45, 7) is 0. The van der Waals surface area contributed by atoms with Crippen LogP contribution in [0.3, 0.4) is 0 Å². The van der Waals surface area contributed by atoms with Gasteiger partial charge in [0.25, 0.3) is 5.95 Å². The molecule has 2 heteroatoms. The van der Waals surface area contributed by atoms with E-state index in [9.17, 15) is 0 Å². The molecular weight excluding hydrogens is 140 g/mol. The third-order valence-electron chi connectivity index (χ3n) is 1.59. The van der Waals surface area contributed by atoms with Gasteiger partial charge in [-0.15, -0.1) is 0 Å². The highest BCUT2D eigenvalue weighted by atomic mass is 16.6. The molecule has 55 valence electrons. The maximum atomic E-state index is 5.11. The van der Waals surface area contributed by atoms with Crippen molar-refractivity contribution in [2.45, 2.75) is 0 Å². The van der Waals surface area contributed by atoms with Gasteiger partial charge in [-0.05, 0) is 23.8 Å². The maximum Gasteiger partial charge on any atom is 0.292 e. The smallest absolute Gasteiger partial charge is 0.292 e. The van der Waals surface area contributed by atoms with Crippen LogP contribution in [0.2, 0.25) is 0 Å². The van der Waals surface area contributed by atoms with Gasteiger partial charge in [0.15, 0.2) is 0 Å². The Kier molecular flexibility index (Phi) is 1.32. The number of rotatable bonds is 1. The summed E-state index contributed by atoms with van der Waals surface area (Å²) in [5.41, 5.74) is 1.99. The van der Waals surface area contributed by atoms with Gasteiger partial charge < -0.3 is 9.15 Å². The molecule has 0 saturated carbocycles. The van der Waals surface area contributed by atoms with Crippen LogP contribution in [0, 0.1) is 6.07 Å². The summed E-state index contributed by atoms with van der Waals surface area (Å²) in [5.74, 6) is 0.545. The normalized spacial score (nSPS) is 10.3. The first-order valence-corrected chi connectivity index (χ1v) is 3.33. The first-order chi connectivity index (χ1) is 5.42. The standard InChI is InChI=1S/C9H7O2/c1-10-9-8-4-2-3-7(8)5-6-11-9/h2,4-6H,1H3. The third-order valence-corrected chi connectivity index (χ3v) is 1.59. The van der Waals surface area contributed by atoms with Crippen LogP contribution in [-0.4, -0.2) is 7.11 Å². The van der Waals surface area contributed by atoms with Crippen LogP contribution in [0.4, 0.5) is 0 Å². The SMILES string of the molecule is COc1occc2[c]ccc1-2. The number of methoxy groups -OCH3 is 1. The van der Waals surface area contributed by atoms with Crippen molar-refractivity contribution in [2.24, 2.45) is 0 Å². The van der Waals surface area contributed by atoms with E-state index in [0.717, 1.165) is 11.1 Å². The highest BCUT2D eigenvalue weighted by Crippen LogP contribution is 2.31. The summed E-state index contributed by atoms with van der Waals surface area (Å²) in [7, 11) is 1.59. The van der Waals surface area contributed by atoms with Crippen molar-refractivity contribution in [1.82, 2.24) is 0 Å². The minimum Gasteiger partial charge on any atom is -0.468 e. The average Bonchev–Trinajstić information content (AvgIpc) is 2.50. The van der Waals surface area contributed by atoms with E-state index in [4.69, 9.17) is 9.15 Å². The minimum atomic E-state index is 0.545. The zero-order chi connectivity index (χ0) is 7.68. The van der Waals surface area contributed by atoms with Crippen molar-refractivity contribution >= 4 is 0 Å². The van der Waals surface area contributed by atoms with E-state index in [1.807, 2.05) is 18.2 Å². The number of ether oxygens (including phenoxy) is 1. The average molecular weight is 147 g/mol. The van der Waals surface area contributed by atoms with E-state index in [2.05, 4.69) is 6.07 Å². The molecule has 0 atom stereocenters. The number of fused-ring (bicyclic) bond motifs is 1. The zero-order valence-electron chi connectivity index (χ0n) is 6.13. The Balaban J connectivity index is 2.66. The fraction of sp³-hybridized carbons (Fsp3) is 0.111. The second-order valence-electron chi connectivity index (χ2n) is 2.22. The van der Waals surface area contributed by atoms with Gasteiger partial charge in [0, 0.05) is 0 Å². The molecule has 1 heterocycles. The number of hydrogen-bond acceptors (Lipinski definition) is 2. The molecule has 0 bridgehead atoms. The predicted molar refractivity (Wildman–Crippen MR) is 40.7 cm³/mol. The molecule has 0 aromatic heterocycles. The van der Waals surface area contributed by atoms with Crippen LogP contribution >= 0.6 is 0 Å². The zero-order valence-corrected chi connectivity index (χ0v) is 6.13. The Morgan fingerprint density at radius 3 is 3.18 bits per heavy atom. The van der Waals surface area contributed by atoms with E-state index in [1.54, 1.807) is 13.4 Å². The van der Waals surface area contributed by atoms with E-state index in [0.29, 0.717) is 5.95 Å². The molecule has 2 nitrogen and oxygen atoms in total. The van der Waals surface area contributed by atoms with Gasteiger partial charge in [0.1, 0.15) is 0 Å². The molecule has 0 spiro atoms. The lowest BCUT2D eigenvalue weighted by Gasteiger charge is -2.02. The largest absolute Gasteiger partial charge is 0.468 e. The van der Waals surface area contributed by atoms with Gasteiger partial charge in [-0.1, -0.05) is 6.07 Å². The molecule has 11 heavy (non-hydrogen) atoms. The molecule has 0 unspecified atom stereocenters. The summed E-state index contributed by atoms with van der Waals surface area (Å²) >= 11 is 0. The van der Waals surface area contributed by atoms with Gasteiger partial charge >= 0.3 is 0 Å². The molecule has 1 aliphatic heterocycles. The van der Waals surface area contributed by atoms with Crippen LogP contribution < -0.4 is 4.74 Å². The van der Waals surface area contributed by atoms with E-state index >= 15 is 0 Å². The summed E-state index contributed by atoms with van der Waals surface area (Å²) in [6.07, 6.45) is 1.59. The molecule has 0 fully saturated rings. The van der Waals surface area contributed by atoms with Crippen molar-refractivity contribution in [3.8, 4) is 17.1 Å². The Morgan fingerprint density at radius 2 is 2.36 bits per heavy atom. The Labute approximate surface area is 64.7 Å². The van der Waals surface area contributed by atoms with Crippen molar-refractivity contribution in [1.29, 1.82) is 0 Å². The first kappa shape index (κ1) is 6.28. The lowest BCUT2D eigenvalue weighted by Crippen LogP contribution is -1.84. The lowest BCUT2D eigenvalue weighted by atomic mass is 10.2. The quantitative estimate of drug-likeness (QED) is 0.616. The summed E-state index contributed by atoms with van der Waals surface area (Å²) in [4.78, 5) is 0. The van der Waals surface area contributed by atoms with E-state index in [1.165, 1.54) is 0 Å². The van der Waals surface area contributed by atoms with Crippen molar-refractivity contribution in [2.75, 3.05) is 7.11 Å². The van der Waals surface area contributed by atoms with Crippen molar-refractivity contribution in [3.05, 3.63) is 30.5 Å². The van der Waals surface area contributed by atoms with Gasteiger partial charge in [0.05, 0.1) is 18.9 Å². The molecule has 2 rings (SSSR count). The van der Waals surface area contributed by atoms with Gasteiger partial charge in [-0.2, -0.15) is 0 Å². The molecule has 2 aliphatic rings. The fourth-order valence-corrected chi connectivity index (χ4v) is 1.08. The minimum absolute atomic E-state index is 0.545. The van der Waals surface area contributed by atoms with Crippen LogP contribution in [0.5, 0.6) is 5.95 Å². The predicted octanol–water partition coefficient (Wildman–Crippen LogP) is 2.19.